The number of hydrogen-bond acceptors (Lipinski definition) is 3. The van der Waals surface area contributed by atoms with Crippen molar-refractivity contribution in [3.63, 3.8) is 0 Å². The van der Waals surface area contributed by atoms with Crippen LogP contribution in [0.15, 0.2) is 24.3 Å². The third-order valence-corrected chi connectivity index (χ3v) is 4.26. The van der Waals surface area contributed by atoms with Crippen molar-refractivity contribution >= 4 is 36.4 Å². The van der Waals surface area contributed by atoms with E-state index in [1.807, 2.05) is 17.0 Å². The maximum absolute atomic E-state index is 12.5. The third-order valence-electron chi connectivity index (χ3n) is 4.26. The fourth-order valence-electron chi connectivity index (χ4n) is 2.95. The highest BCUT2D eigenvalue weighted by Gasteiger charge is 2.25. The molecule has 2 N–H and O–H groups in total. The summed E-state index contributed by atoms with van der Waals surface area (Å²) < 4.78 is 0. The Morgan fingerprint density at radius 3 is 2.39 bits per heavy atom. The lowest BCUT2D eigenvalue weighted by Crippen LogP contribution is -2.30. The van der Waals surface area contributed by atoms with E-state index in [0.29, 0.717) is 12.5 Å². The molecule has 4 nitrogen and oxygen atoms in total. The van der Waals surface area contributed by atoms with Crippen LogP contribution >= 0.6 is 24.8 Å². The Labute approximate surface area is 152 Å². The van der Waals surface area contributed by atoms with E-state index < -0.39 is 0 Å². The Hall–Kier alpha value is -0.970. The van der Waals surface area contributed by atoms with Gasteiger partial charge >= 0.3 is 0 Å². The van der Waals surface area contributed by atoms with E-state index in [1.165, 1.54) is 5.69 Å². The molecule has 6 heteroatoms. The zero-order valence-corrected chi connectivity index (χ0v) is 15.7. The highest BCUT2D eigenvalue weighted by atomic mass is 35.5. The van der Waals surface area contributed by atoms with Crippen LogP contribution in [0.25, 0.3) is 0 Å². The summed E-state index contributed by atoms with van der Waals surface area (Å²) in [6.07, 6.45) is 2.16. The number of carbonyl (C=O) groups excluding carboxylic acids is 1. The number of rotatable bonds is 6. The molecule has 0 aromatic heterocycles. The lowest BCUT2D eigenvalue weighted by molar-refractivity contribution is 0.0787. The van der Waals surface area contributed by atoms with Gasteiger partial charge in [0.2, 0.25) is 0 Å². The quantitative estimate of drug-likeness (QED) is 0.846. The number of anilines is 1. The summed E-state index contributed by atoms with van der Waals surface area (Å²) in [6.45, 7) is 8.69. The van der Waals surface area contributed by atoms with Gasteiger partial charge in [0.05, 0.1) is 0 Å². The molecule has 0 radical (unpaired) electrons. The topological polar surface area (TPSA) is 49.6 Å². The fourth-order valence-corrected chi connectivity index (χ4v) is 2.95. The molecular weight excluding hydrogens is 333 g/mol. The monoisotopic (exact) mass is 361 g/mol. The number of hydrogen-bond donors (Lipinski definition) is 1. The van der Waals surface area contributed by atoms with Crippen LogP contribution in [-0.2, 0) is 0 Å². The van der Waals surface area contributed by atoms with Gasteiger partial charge < -0.3 is 15.5 Å². The van der Waals surface area contributed by atoms with E-state index in [1.54, 1.807) is 0 Å². The van der Waals surface area contributed by atoms with Crippen molar-refractivity contribution in [2.75, 3.05) is 37.6 Å². The van der Waals surface area contributed by atoms with E-state index in [4.69, 9.17) is 5.73 Å². The molecule has 1 aromatic rings. The molecular formula is C17H29Cl2N3O. The van der Waals surface area contributed by atoms with Crippen molar-refractivity contribution < 1.29 is 4.79 Å². The Bertz CT molecular complexity index is 467. The summed E-state index contributed by atoms with van der Waals surface area (Å²) in [5, 5.41) is 0. The van der Waals surface area contributed by atoms with E-state index in [9.17, 15) is 4.79 Å². The SMILES string of the molecule is CCCN(CC)c1ccc(C(=O)N2CCC(CN)C2)cc1.Cl.Cl. The van der Waals surface area contributed by atoms with Crippen molar-refractivity contribution in [1.82, 2.24) is 4.90 Å². The van der Waals surface area contributed by atoms with Crippen molar-refractivity contribution in [3.05, 3.63) is 29.8 Å². The average Bonchev–Trinajstić information content (AvgIpc) is 3.01. The van der Waals surface area contributed by atoms with Gasteiger partial charge in [-0.15, -0.1) is 24.8 Å². The van der Waals surface area contributed by atoms with E-state index in [0.717, 1.165) is 44.6 Å². The molecule has 23 heavy (non-hydrogen) atoms. The Morgan fingerprint density at radius 2 is 1.91 bits per heavy atom. The average molecular weight is 362 g/mol. The van der Waals surface area contributed by atoms with Gasteiger partial charge in [0, 0.05) is 37.4 Å². The van der Waals surface area contributed by atoms with E-state index in [2.05, 4.69) is 30.9 Å². The summed E-state index contributed by atoms with van der Waals surface area (Å²) in [7, 11) is 0. The van der Waals surface area contributed by atoms with Gasteiger partial charge in [0.15, 0.2) is 0 Å². The third kappa shape index (κ3) is 5.55. The van der Waals surface area contributed by atoms with Crippen LogP contribution in [0.4, 0.5) is 5.69 Å². The maximum atomic E-state index is 12.5. The van der Waals surface area contributed by atoms with E-state index >= 15 is 0 Å². The highest BCUT2D eigenvalue weighted by Crippen LogP contribution is 2.20. The number of benzene rings is 1. The molecule has 1 amide bonds. The Balaban J connectivity index is 0.00000242. The molecule has 1 atom stereocenters. The second-order valence-electron chi connectivity index (χ2n) is 5.77. The van der Waals surface area contributed by atoms with Crippen LogP contribution in [0, 0.1) is 5.92 Å². The fraction of sp³-hybridized carbons (Fsp3) is 0.588. The molecule has 0 saturated carbocycles. The molecule has 0 bridgehead atoms. The van der Waals surface area contributed by atoms with Gasteiger partial charge in [-0.2, -0.15) is 0 Å². The number of halogens is 2. The van der Waals surface area contributed by atoms with Gasteiger partial charge in [-0.25, -0.2) is 0 Å². The minimum Gasteiger partial charge on any atom is -0.372 e. The van der Waals surface area contributed by atoms with Crippen LogP contribution < -0.4 is 10.6 Å². The first-order valence-corrected chi connectivity index (χ1v) is 8.03. The predicted molar refractivity (Wildman–Crippen MR) is 102 cm³/mol. The van der Waals surface area contributed by atoms with Gasteiger partial charge in [0.25, 0.3) is 5.91 Å². The maximum Gasteiger partial charge on any atom is 0.253 e. The molecule has 1 unspecified atom stereocenters. The van der Waals surface area contributed by atoms with Crippen LogP contribution in [0.5, 0.6) is 0 Å². The van der Waals surface area contributed by atoms with Crippen molar-refractivity contribution in [2.24, 2.45) is 11.7 Å². The number of carbonyl (C=O) groups is 1. The Kier molecular flexibility index (Phi) is 10.3. The number of nitrogens with zero attached hydrogens (tertiary/aromatic N) is 2. The van der Waals surface area contributed by atoms with Gasteiger partial charge in [0.1, 0.15) is 0 Å². The minimum atomic E-state index is 0. The van der Waals surface area contributed by atoms with Crippen LogP contribution in [-0.4, -0.2) is 43.5 Å². The van der Waals surface area contributed by atoms with Crippen molar-refractivity contribution in [1.29, 1.82) is 0 Å². The van der Waals surface area contributed by atoms with Crippen molar-refractivity contribution in [3.8, 4) is 0 Å². The summed E-state index contributed by atoms with van der Waals surface area (Å²) in [6, 6.07) is 8.02. The van der Waals surface area contributed by atoms with Crippen LogP contribution in [0.2, 0.25) is 0 Å². The largest absolute Gasteiger partial charge is 0.372 e. The molecule has 1 aliphatic rings. The molecule has 1 aliphatic heterocycles. The molecule has 1 heterocycles. The Morgan fingerprint density at radius 1 is 1.26 bits per heavy atom. The normalized spacial score (nSPS) is 16.5. The number of amides is 1. The molecule has 132 valence electrons. The first kappa shape index (κ1) is 22.0. The zero-order valence-electron chi connectivity index (χ0n) is 14.0. The standard InChI is InChI=1S/C17H27N3O.2ClH/c1-3-10-19(4-2)16-7-5-15(6-8-16)17(21)20-11-9-14(12-18)13-20;;/h5-8,14H,3-4,9-13,18H2,1-2H3;2*1H. The predicted octanol–water partition coefficient (Wildman–Crippen LogP) is 3.19. The highest BCUT2D eigenvalue weighted by molar-refractivity contribution is 5.94. The second-order valence-corrected chi connectivity index (χ2v) is 5.77. The minimum absolute atomic E-state index is 0. The molecule has 1 saturated heterocycles. The molecule has 1 aromatic carbocycles. The molecule has 2 rings (SSSR count). The summed E-state index contributed by atoms with van der Waals surface area (Å²) in [5.74, 6) is 0.601. The molecule has 0 aliphatic carbocycles. The first-order chi connectivity index (χ1) is 10.2. The van der Waals surface area contributed by atoms with E-state index in [-0.39, 0.29) is 30.7 Å². The number of likely N-dealkylation sites (tertiary alicyclic amines) is 1. The first-order valence-electron chi connectivity index (χ1n) is 8.03. The zero-order chi connectivity index (χ0) is 15.2. The smallest absolute Gasteiger partial charge is 0.253 e. The molecule has 1 fully saturated rings. The van der Waals surface area contributed by atoms with Gasteiger partial charge in [-0.1, -0.05) is 6.92 Å². The summed E-state index contributed by atoms with van der Waals surface area (Å²) in [5.41, 5.74) is 7.66. The van der Waals surface area contributed by atoms with Crippen LogP contribution in [0.3, 0.4) is 0 Å². The lowest BCUT2D eigenvalue weighted by atomic mass is 10.1. The summed E-state index contributed by atoms with van der Waals surface area (Å²) >= 11 is 0. The van der Waals surface area contributed by atoms with Crippen LogP contribution in [0.1, 0.15) is 37.0 Å². The summed E-state index contributed by atoms with van der Waals surface area (Å²) in [4.78, 5) is 16.7. The number of nitrogens with two attached hydrogens (primary N) is 1. The van der Waals surface area contributed by atoms with Crippen molar-refractivity contribution in [2.45, 2.75) is 26.7 Å². The van der Waals surface area contributed by atoms with Gasteiger partial charge in [-0.3, -0.25) is 4.79 Å². The molecule has 0 spiro atoms. The lowest BCUT2D eigenvalue weighted by Gasteiger charge is -2.23. The van der Waals surface area contributed by atoms with Gasteiger partial charge in [-0.05, 0) is 56.5 Å². The second kappa shape index (κ2) is 10.7.